The van der Waals surface area contributed by atoms with Gasteiger partial charge < -0.3 is 10.2 Å². The fourth-order valence-electron chi connectivity index (χ4n) is 2.11. The topological polar surface area (TPSA) is 67.2 Å². The molecule has 0 radical (unpaired) electrons. The summed E-state index contributed by atoms with van der Waals surface area (Å²) in [4.78, 5) is 25.6. The average molecular weight is 315 g/mol. The Hall–Kier alpha value is -1.37. The van der Waals surface area contributed by atoms with E-state index in [1.807, 2.05) is 11.8 Å². The maximum absolute atomic E-state index is 11.8. The third-order valence-electron chi connectivity index (χ3n) is 3.09. The van der Waals surface area contributed by atoms with Crippen LogP contribution >= 0.6 is 15.9 Å². The number of nitrogens with one attached hydrogen (secondary N) is 1. The maximum atomic E-state index is 11.8. The third kappa shape index (κ3) is 2.14. The second-order valence-corrected chi connectivity index (χ2v) is 4.97. The predicted molar refractivity (Wildman–Crippen MR) is 71.6 cm³/mol. The molecule has 0 saturated carbocycles. The molecule has 1 amide bonds. The van der Waals surface area contributed by atoms with Gasteiger partial charge in [0.15, 0.2) is 0 Å². The fourth-order valence-corrected chi connectivity index (χ4v) is 2.70. The van der Waals surface area contributed by atoms with Crippen molar-refractivity contribution in [2.45, 2.75) is 19.4 Å². The Kier molecular flexibility index (Phi) is 3.70. The Morgan fingerprint density at radius 3 is 2.94 bits per heavy atom. The van der Waals surface area contributed by atoms with E-state index in [1.54, 1.807) is 13.2 Å². The van der Waals surface area contributed by atoms with Gasteiger partial charge in [-0.2, -0.15) is 5.10 Å². The summed E-state index contributed by atoms with van der Waals surface area (Å²) in [6.07, 6.45) is 2.31. The molecule has 1 N–H and O–H groups in total. The minimum absolute atomic E-state index is 0.00340. The van der Waals surface area contributed by atoms with E-state index in [1.165, 1.54) is 4.68 Å². The lowest BCUT2D eigenvalue weighted by atomic mass is 10.1. The largest absolute Gasteiger partial charge is 0.355 e. The Morgan fingerprint density at radius 2 is 2.28 bits per heavy atom. The molecule has 0 bridgehead atoms. The molecular formula is C11H15BrN4O2. The number of carbonyl (C=O) groups excluding carboxylic acids is 1. The molecule has 2 rings (SSSR count). The van der Waals surface area contributed by atoms with E-state index in [-0.39, 0.29) is 17.5 Å². The summed E-state index contributed by atoms with van der Waals surface area (Å²) in [5.74, 6) is -0.00340. The lowest BCUT2D eigenvalue weighted by Crippen LogP contribution is -2.55. The standard InChI is InChI=1S/C11H15BrN4O2/c1-3-7-10(17)13-4-5-16(7)8-6-14-15(2)11(18)9(8)12/h6-7H,3-5H2,1-2H3,(H,13,17). The van der Waals surface area contributed by atoms with Crippen molar-refractivity contribution in [2.24, 2.45) is 7.05 Å². The fraction of sp³-hybridized carbons (Fsp3) is 0.545. The number of aryl methyl sites for hydroxylation is 1. The van der Waals surface area contributed by atoms with Gasteiger partial charge in [0.05, 0.1) is 11.9 Å². The minimum Gasteiger partial charge on any atom is -0.355 e. The zero-order chi connectivity index (χ0) is 13.3. The van der Waals surface area contributed by atoms with E-state index in [4.69, 9.17) is 0 Å². The number of hydrogen-bond acceptors (Lipinski definition) is 4. The summed E-state index contributed by atoms with van der Waals surface area (Å²) in [5, 5.41) is 6.84. The lowest BCUT2D eigenvalue weighted by Gasteiger charge is -2.36. The quantitative estimate of drug-likeness (QED) is 0.850. The molecule has 1 aliphatic rings. The summed E-state index contributed by atoms with van der Waals surface area (Å²) >= 11 is 3.30. The van der Waals surface area contributed by atoms with Gasteiger partial charge in [-0.15, -0.1) is 0 Å². The van der Waals surface area contributed by atoms with E-state index < -0.39 is 0 Å². The highest BCUT2D eigenvalue weighted by Crippen LogP contribution is 2.25. The average Bonchev–Trinajstić information content (AvgIpc) is 2.36. The molecule has 0 aliphatic carbocycles. The molecule has 1 fully saturated rings. The second kappa shape index (κ2) is 5.09. The smallest absolute Gasteiger partial charge is 0.282 e. The second-order valence-electron chi connectivity index (χ2n) is 4.18. The van der Waals surface area contributed by atoms with Gasteiger partial charge in [-0.3, -0.25) is 9.59 Å². The first kappa shape index (κ1) is 13.1. The maximum Gasteiger partial charge on any atom is 0.282 e. The van der Waals surface area contributed by atoms with Crippen molar-refractivity contribution in [2.75, 3.05) is 18.0 Å². The molecule has 1 aromatic rings. The Labute approximate surface area is 113 Å². The molecule has 1 atom stereocenters. The van der Waals surface area contributed by atoms with E-state index >= 15 is 0 Å². The Balaban J connectivity index is 2.44. The number of nitrogens with zero attached hydrogens (tertiary/aromatic N) is 3. The molecule has 0 spiro atoms. The van der Waals surface area contributed by atoms with Crippen molar-refractivity contribution in [1.29, 1.82) is 0 Å². The number of rotatable bonds is 2. The van der Waals surface area contributed by atoms with Gasteiger partial charge in [0.25, 0.3) is 5.56 Å². The number of piperazine rings is 1. The molecule has 1 aromatic heterocycles. The van der Waals surface area contributed by atoms with E-state index in [9.17, 15) is 9.59 Å². The number of carbonyl (C=O) groups is 1. The van der Waals surface area contributed by atoms with Crippen LogP contribution < -0.4 is 15.8 Å². The highest BCUT2D eigenvalue weighted by atomic mass is 79.9. The van der Waals surface area contributed by atoms with Gasteiger partial charge in [0, 0.05) is 20.1 Å². The third-order valence-corrected chi connectivity index (χ3v) is 3.83. The number of anilines is 1. The number of halogens is 1. The number of hydrogen-bond donors (Lipinski definition) is 1. The van der Waals surface area contributed by atoms with Crippen molar-refractivity contribution < 1.29 is 4.79 Å². The molecule has 18 heavy (non-hydrogen) atoms. The molecular weight excluding hydrogens is 300 g/mol. The van der Waals surface area contributed by atoms with E-state index in [0.717, 1.165) is 0 Å². The predicted octanol–water partition coefficient (Wildman–Crippen LogP) is 0.258. The van der Waals surface area contributed by atoms with Crippen LogP contribution in [0.25, 0.3) is 0 Å². The summed E-state index contributed by atoms with van der Waals surface area (Å²) in [6.45, 7) is 3.21. The van der Waals surface area contributed by atoms with Crippen molar-refractivity contribution in [3.05, 3.63) is 21.0 Å². The van der Waals surface area contributed by atoms with Gasteiger partial charge in [-0.1, -0.05) is 6.92 Å². The molecule has 6 nitrogen and oxygen atoms in total. The first-order chi connectivity index (χ1) is 8.56. The first-order valence-electron chi connectivity index (χ1n) is 5.82. The van der Waals surface area contributed by atoms with Crippen molar-refractivity contribution >= 4 is 27.5 Å². The van der Waals surface area contributed by atoms with Gasteiger partial charge in [-0.25, -0.2) is 4.68 Å². The highest BCUT2D eigenvalue weighted by molar-refractivity contribution is 9.10. The zero-order valence-corrected chi connectivity index (χ0v) is 11.9. The van der Waals surface area contributed by atoms with Gasteiger partial charge in [0.1, 0.15) is 10.5 Å². The van der Waals surface area contributed by atoms with Crippen molar-refractivity contribution in [3.8, 4) is 0 Å². The Bertz CT molecular complexity index is 528. The van der Waals surface area contributed by atoms with E-state index in [2.05, 4.69) is 26.3 Å². The monoisotopic (exact) mass is 314 g/mol. The number of aromatic nitrogens is 2. The van der Waals surface area contributed by atoms with Crippen LogP contribution in [0.2, 0.25) is 0 Å². The first-order valence-corrected chi connectivity index (χ1v) is 6.61. The number of amides is 1. The van der Waals surface area contributed by atoms with Crippen molar-refractivity contribution in [3.63, 3.8) is 0 Å². The van der Waals surface area contributed by atoms with Crippen LogP contribution in [0.5, 0.6) is 0 Å². The van der Waals surface area contributed by atoms with Crippen LogP contribution in [0.3, 0.4) is 0 Å². The molecule has 1 aliphatic heterocycles. The van der Waals surface area contributed by atoms with Crippen LogP contribution in [0.1, 0.15) is 13.3 Å². The van der Waals surface area contributed by atoms with Gasteiger partial charge in [-0.05, 0) is 22.4 Å². The van der Waals surface area contributed by atoms with Crippen molar-refractivity contribution in [1.82, 2.24) is 15.1 Å². The highest BCUT2D eigenvalue weighted by Gasteiger charge is 2.30. The zero-order valence-electron chi connectivity index (χ0n) is 10.3. The summed E-state index contributed by atoms with van der Waals surface area (Å²) in [6, 6.07) is -0.246. The Morgan fingerprint density at radius 1 is 1.56 bits per heavy atom. The minimum atomic E-state index is -0.246. The van der Waals surface area contributed by atoms with Gasteiger partial charge in [0.2, 0.25) is 5.91 Å². The SMILES string of the molecule is CCC1C(=O)NCCN1c1cnn(C)c(=O)c1Br. The van der Waals surface area contributed by atoms with Crippen LogP contribution in [-0.2, 0) is 11.8 Å². The molecule has 98 valence electrons. The molecule has 0 aromatic carbocycles. The molecule has 1 saturated heterocycles. The normalized spacial score (nSPS) is 19.8. The molecule has 2 heterocycles. The van der Waals surface area contributed by atoms with Crippen LogP contribution in [0.15, 0.2) is 15.5 Å². The summed E-state index contributed by atoms with van der Waals surface area (Å²) in [5.41, 5.74) is 0.480. The van der Waals surface area contributed by atoms with Crippen LogP contribution in [0.4, 0.5) is 5.69 Å². The van der Waals surface area contributed by atoms with Gasteiger partial charge >= 0.3 is 0 Å². The molecule has 7 heteroatoms. The van der Waals surface area contributed by atoms with Crippen LogP contribution in [0, 0.1) is 0 Å². The lowest BCUT2D eigenvalue weighted by molar-refractivity contribution is -0.123. The summed E-state index contributed by atoms with van der Waals surface area (Å²) < 4.78 is 1.71. The summed E-state index contributed by atoms with van der Waals surface area (Å²) in [7, 11) is 1.59. The van der Waals surface area contributed by atoms with Crippen LogP contribution in [-0.4, -0.2) is 34.8 Å². The van der Waals surface area contributed by atoms with E-state index in [0.29, 0.717) is 29.7 Å². The molecule has 1 unspecified atom stereocenters.